The summed E-state index contributed by atoms with van der Waals surface area (Å²) in [5.74, 6) is 0. The largest absolute Gasteiger partial charge is 1.00 e. The van der Waals surface area contributed by atoms with Crippen LogP contribution in [0.4, 0.5) is 0 Å². The van der Waals surface area contributed by atoms with E-state index >= 15 is 0 Å². The second-order valence-electron chi connectivity index (χ2n) is 11.7. The maximum Gasteiger partial charge on any atom is 0.211 e. The second-order valence-corrected chi connectivity index (χ2v) is 15.2. The highest BCUT2D eigenvalue weighted by atomic mass is 35.5. The Morgan fingerprint density at radius 1 is 0.720 bits per heavy atom. The first kappa shape index (κ1) is 42.0. The highest BCUT2D eigenvalue weighted by Gasteiger charge is 2.49. The molecule has 262 valence electrons. The number of aryl methyl sites for hydroxylation is 4. The standard InChI is InChI=1S/C20H19OP.C11H14O.C9H10O.C4H8O.ClH/c1-21-17-22(18-11-5-2-6-12-18,19-13-7-3-8-14-19)20-15-9-4-10-16-20;1-9-5-4-6-10(2)11(9)7-8-12-3;1-7-4-3-5-8(2)9(7)6-10;1-2-4-5-3-1;/h2-3,5-16H,17H2,1H3;4-8H,1-3H3;3-6H,1-2H3;1-4H2;1H/q+2;;;;/p-1/b;8-7+;;;. The van der Waals surface area contributed by atoms with Gasteiger partial charge in [0, 0.05) is 32.0 Å². The van der Waals surface area contributed by atoms with Crippen LogP contribution in [0.15, 0.2) is 133 Å². The molecule has 0 atom stereocenters. The summed E-state index contributed by atoms with van der Waals surface area (Å²) in [7, 11) is 1.65. The number of methoxy groups -OCH3 is 2. The Bertz CT molecular complexity index is 1600. The van der Waals surface area contributed by atoms with E-state index in [1.54, 1.807) is 20.5 Å². The number of ether oxygens (including phenoxy) is 3. The fourth-order valence-electron chi connectivity index (χ4n) is 5.61. The lowest BCUT2D eigenvalue weighted by molar-refractivity contribution is -0.0000175. The zero-order valence-corrected chi connectivity index (χ0v) is 31.9. The van der Waals surface area contributed by atoms with Gasteiger partial charge in [0.1, 0.15) is 22.8 Å². The van der Waals surface area contributed by atoms with Crippen LogP contribution in [0.2, 0.25) is 0 Å². The Morgan fingerprint density at radius 2 is 1.22 bits per heavy atom. The molecule has 1 heterocycles. The Balaban J connectivity index is 0.000000261. The van der Waals surface area contributed by atoms with Gasteiger partial charge in [-0.1, -0.05) is 72.8 Å². The van der Waals surface area contributed by atoms with Crippen LogP contribution in [-0.2, 0) is 14.2 Å². The Hall–Kier alpha value is -4.14. The smallest absolute Gasteiger partial charge is 0.211 e. The monoisotopic (exact) mass is 709 g/mol. The zero-order valence-electron chi connectivity index (χ0n) is 30.3. The van der Waals surface area contributed by atoms with Crippen LogP contribution in [0.1, 0.15) is 51.0 Å². The lowest BCUT2D eigenvalue weighted by Crippen LogP contribution is -3.00. The number of rotatable bonds is 8. The first-order valence-electron chi connectivity index (χ1n) is 16.7. The summed E-state index contributed by atoms with van der Waals surface area (Å²) in [6.45, 7) is 10.1. The van der Waals surface area contributed by atoms with Crippen molar-refractivity contribution >= 4 is 30.2 Å². The van der Waals surface area contributed by atoms with E-state index in [9.17, 15) is 4.79 Å². The van der Waals surface area contributed by atoms with E-state index in [-0.39, 0.29) is 12.4 Å². The molecule has 0 spiro atoms. The molecule has 0 radical (unpaired) electrons. The van der Waals surface area contributed by atoms with Gasteiger partial charge in [0.05, 0.1) is 25.5 Å². The first-order chi connectivity index (χ1) is 23.9. The molecule has 0 amide bonds. The number of aldehydes is 1. The highest BCUT2D eigenvalue weighted by molar-refractivity contribution is 7.93. The molecule has 1 aliphatic carbocycles. The van der Waals surface area contributed by atoms with Crippen LogP contribution in [0.5, 0.6) is 0 Å². The Kier molecular flexibility index (Phi) is 19.6. The molecule has 0 bridgehead atoms. The topological polar surface area (TPSA) is 44.8 Å². The average molecular weight is 710 g/mol. The third-order valence-electron chi connectivity index (χ3n) is 8.26. The average Bonchev–Trinajstić information content (AvgIpc) is 3.73. The minimum absolute atomic E-state index is 0. The van der Waals surface area contributed by atoms with Gasteiger partial charge in [0.2, 0.25) is 5.31 Å². The predicted octanol–water partition coefficient (Wildman–Crippen LogP) is 6.91. The van der Waals surface area contributed by atoms with Crippen LogP contribution in [0, 0.1) is 33.8 Å². The van der Waals surface area contributed by atoms with Gasteiger partial charge in [0.25, 0.3) is 0 Å². The van der Waals surface area contributed by atoms with Gasteiger partial charge in [-0.25, -0.2) is 0 Å². The summed E-state index contributed by atoms with van der Waals surface area (Å²) < 4.78 is 15.5. The van der Waals surface area contributed by atoms with Crippen molar-refractivity contribution in [2.45, 2.75) is 40.5 Å². The molecular weight excluding hydrogens is 659 g/mol. The molecule has 1 aliphatic heterocycles. The summed E-state index contributed by atoms with van der Waals surface area (Å²) in [5, 5.41) is 4.01. The van der Waals surface area contributed by atoms with Crippen molar-refractivity contribution in [3.8, 4) is 0 Å². The van der Waals surface area contributed by atoms with Crippen molar-refractivity contribution in [3.63, 3.8) is 0 Å². The zero-order chi connectivity index (χ0) is 35.3. The fourth-order valence-corrected chi connectivity index (χ4v) is 9.36. The molecule has 0 N–H and O–H groups in total. The minimum atomic E-state index is -1.80. The van der Waals surface area contributed by atoms with Gasteiger partial charge in [-0.3, -0.25) is 4.79 Å². The van der Waals surface area contributed by atoms with E-state index in [0.29, 0.717) is 6.35 Å². The number of carbonyl (C=O) groups is 1. The van der Waals surface area contributed by atoms with Gasteiger partial charge in [-0.05, 0) is 98.7 Å². The molecule has 4 nitrogen and oxygen atoms in total. The number of halogens is 1. The molecule has 50 heavy (non-hydrogen) atoms. The quantitative estimate of drug-likeness (QED) is 0.0864. The summed E-state index contributed by atoms with van der Waals surface area (Å²) in [4.78, 5) is 10.4. The molecule has 0 saturated carbocycles. The van der Waals surface area contributed by atoms with E-state index in [2.05, 4.69) is 111 Å². The summed E-state index contributed by atoms with van der Waals surface area (Å²) >= 11 is 0. The molecule has 6 heteroatoms. The maximum absolute atomic E-state index is 10.4. The lowest BCUT2D eigenvalue weighted by Gasteiger charge is -2.24. The maximum atomic E-state index is 10.4. The number of allylic oxidation sites excluding steroid dienone is 6. The molecule has 4 aromatic carbocycles. The van der Waals surface area contributed by atoms with E-state index in [1.807, 2.05) is 50.3 Å². The fraction of sp³-hybridized carbons (Fsp3) is 0.250. The molecular formula is C44H51ClO4P+. The van der Waals surface area contributed by atoms with Crippen molar-refractivity contribution in [3.05, 3.63) is 172 Å². The Labute approximate surface area is 307 Å². The number of hydrogen-bond acceptors (Lipinski definition) is 4. The predicted molar refractivity (Wildman–Crippen MR) is 209 cm³/mol. The summed E-state index contributed by atoms with van der Waals surface area (Å²) in [6.07, 6.45) is 19.3. The van der Waals surface area contributed by atoms with Gasteiger partial charge in [-0.15, -0.1) is 0 Å². The van der Waals surface area contributed by atoms with Crippen molar-refractivity contribution in [2.75, 3.05) is 33.8 Å². The van der Waals surface area contributed by atoms with Gasteiger partial charge < -0.3 is 26.6 Å². The summed E-state index contributed by atoms with van der Waals surface area (Å²) in [5.41, 5.74) is 6.73. The molecule has 4 aromatic rings. The molecule has 0 aromatic heterocycles. The molecule has 2 aliphatic rings. The van der Waals surface area contributed by atoms with Crippen LogP contribution in [0.25, 0.3) is 6.08 Å². The van der Waals surface area contributed by atoms with Crippen molar-refractivity contribution in [1.29, 1.82) is 0 Å². The number of carbonyl (C=O) groups excluding carboxylic acids is 1. The SMILES string of the molecule is C1CCOC1.CO/C=C/c1c(C)cccc1C.COC[P+](C1=CC=[C+]C=C1)(c1ccccc1)c1ccccc1.Cc1cccc(C)c1C=O.[Cl-]. The molecule has 1 saturated heterocycles. The molecule has 6 rings (SSSR count). The van der Waals surface area contributed by atoms with E-state index < -0.39 is 7.26 Å². The summed E-state index contributed by atoms with van der Waals surface area (Å²) in [6, 6.07) is 33.5. The highest BCUT2D eigenvalue weighted by Crippen LogP contribution is 2.64. The number of hydrogen-bond donors (Lipinski definition) is 0. The van der Waals surface area contributed by atoms with Crippen molar-refractivity contribution < 1.29 is 31.4 Å². The van der Waals surface area contributed by atoms with E-state index in [4.69, 9.17) is 14.2 Å². The van der Waals surface area contributed by atoms with Crippen LogP contribution >= 0.6 is 7.26 Å². The third kappa shape index (κ3) is 12.3. The van der Waals surface area contributed by atoms with Gasteiger partial charge >= 0.3 is 0 Å². The second kappa shape index (κ2) is 23.3. The van der Waals surface area contributed by atoms with Crippen molar-refractivity contribution in [1.82, 2.24) is 0 Å². The third-order valence-corrected chi connectivity index (χ3v) is 12.4. The van der Waals surface area contributed by atoms with E-state index in [0.717, 1.165) is 36.2 Å². The van der Waals surface area contributed by atoms with Crippen LogP contribution in [-0.4, -0.2) is 40.1 Å². The van der Waals surface area contributed by atoms with Gasteiger partial charge in [-0.2, -0.15) is 0 Å². The number of benzene rings is 4. The van der Waals surface area contributed by atoms with Gasteiger partial charge in [0.15, 0.2) is 19.9 Å². The molecule has 0 unspecified atom stereocenters. The first-order valence-corrected chi connectivity index (χ1v) is 18.7. The molecule has 1 fully saturated rings. The van der Waals surface area contributed by atoms with Crippen LogP contribution in [0.3, 0.4) is 0 Å². The van der Waals surface area contributed by atoms with Crippen LogP contribution < -0.4 is 23.0 Å². The normalized spacial score (nSPS) is 12.8. The van der Waals surface area contributed by atoms with Crippen molar-refractivity contribution in [2.24, 2.45) is 0 Å². The minimum Gasteiger partial charge on any atom is -1.00 e. The lowest BCUT2D eigenvalue weighted by atomic mass is 10.0. The Morgan fingerprint density at radius 3 is 1.58 bits per heavy atom. The van der Waals surface area contributed by atoms with E-state index in [1.165, 1.54) is 45.5 Å².